The number of amides is 1. The molecule has 2 atom stereocenters. The summed E-state index contributed by atoms with van der Waals surface area (Å²) < 4.78 is 7.15. The van der Waals surface area contributed by atoms with Gasteiger partial charge in [0.05, 0.1) is 12.2 Å². The van der Waals surface area contributed by atoms with E-state index in [9.17, 15) is 4.79 Å². The highest BCUT2D eigenvalue weighted by molar-refractivity contribution is 6.03. The Hall–Kier alpha value is -2.48. The Kier molecular flexibility index (Phi) is 4.24. The number of aryl methyl sites for hydroxylation is 1. The minimum absolute atomic E-state index is 0.199. The molecule has 1 aliphatic heterocycles. The number of carbonyl (C=O) groups is 1. The predicted octanol–water partition coefficient (Wildman–Crippen LogP) is 1.08. The van der Waals surface area contributed by atoms with Crippen LogP contribution in [-0.2, 0) is 11.8 Å². The van der Waals surface area contributed by atoms with Gasteiger partial charge in [0.1, 0.15) is 0 Å². The van der Waals surface area contributed by atoms with E-state index in [1.807, 2.05) is 12.1 Å². The average molecular weight is 316 g/mol. The van der Waals surface area contributed by atoms with Gasteiger partial charge >= 0.3 is 0 Å². The summed E-state index contributed by atoms with van der Waals surface area (Å²) in [5, 5.41) is 13.6. The van der Waals surface area contributed by atoms with Crippen molar-refractivity contribution in [3.63, 3.8) is 0 Å². The third-order valence-corrected chi connectivity index (χ3v) is 3.76. The summed E-state index contributed by atoms with van der Waals surface area (Å²) in [5.74, 6) is 0.0769. The zero-order chi connectivity index (χ0) is 16.4. The van der Waals surface area contributed by atoms with Gasteiger partial charge in [0.2, 0.25) is 5.95 Å². The zero-order valence-corrected chi connectivity index (χ0v) is 13.4. The van der Waals surface area contributed by atoms with Gasteiger partial charge in [-0.2, -0.15) is 0 Å². The van der Waals surface area contributed by atoms with E-state index in [4.69, 9.17) is 4.74 Å². The van der Waals surface area contributed by atoms with Crippen LogP contribution in [0.2, 0.25) is 0 Å². The van der Waals surface area contributed by atoms with E-state index in [1.165, 1.54) is 4.68 Å². The molecule has 0 bridgehead atoms. The monoisotopic (exact) mass is 316 g/mol. The summed E-state index contributed by atoms with van der Waals surface area (Å²) >= 11 is 0. The highest BCUT2D eigenvalue weighted by Crippen LogP contribution is 2.21. The predicted molar refractivity (Wildman–Crippen MR) is 85.4 cm³/mol. The number of nitrogens with one attached hydrogen (secondary N) is 1. The number of ether oxygens (including phenoxy) is 1. The van der Waals surface area contributed by atoms with Gasteiger partial charge in [0.25, 0.3) is 5.91 Å². The Balaban J connectivity index is 1.69. The highest BCUT2D eigenvalue weighted by Gasteiger charge is 2.22. The van der Waals surface area contributed by atoms with Crippen molar-refractivity contribution in [3.05, 3.63) is 29.8 Å². The third-order valence-electron chi connectivity index (χ3n) is 3.76. The Morgan fingerprint density at radius 2 is 1.87 bits per heavy atom. The first kappa shape index (κ1) is 15.4. The van der Waals surface area contributed by atoms with Crippen molar-refractivity contribution in [2.45, 2.75) is 26.1 Å². The van der Waals surface area contributed by atoms with Gasteiger partial charge in [-0.3, -0.25) is 10.1 Å². The number of rotatable bonds is 3. The van der Waals surface area contributed by atoms with Gasteiger partial charge in [0, 0.05) is 31.4 Å². The molecule has 122 valence electrons. The molecule has 2 heterocycles. The van der Waals surface area contributed by atoms with Gasteiger partial charge in [-0.15, -0.1) is 0 Å². The molecule has 1 saturated heterocycles. The number of carbonyl (C=O) groups excluding carboxylic acids is 1. The first-order chi connectivity index (χ1) is 11.0. The Morgan fingerprint density at radius 1 is 1.22 bits per heavy atom. The second-order valence-corrected chi connectivity index (χ2v) is 5.79. The lowest BCUT2D eigenvalue weighted by Crippen LogP contribution is -2.45. The smallest absolute Gasteiger partial charge is 0.258 e. The minimum Gasteiger partial charge on any atom is -0.372 e. The molecule has 1 aromatic heterocycles. The van der Waals surface area contributed by atoms with Crippen LogP contribution < -0.4 is 10.2 Å². The number of tetrazole rings is 1. The zero-order valence-electron chi connectivity index (χ0n) is 13.4. The first-order valence-electron chi connectivity index (χ1n) is 7.57. The van der Waals surface area contributed by atoms with E-state index in [0.717, 1.165) is 18.8 Å². The Bertz CT molecular complexity index is 674. The molecule has 1 N–H and O–H groups in total. The van der Waals surface area contributed by atoms with Crippen LogP contribution in [0.15, 0.2) is 24.3 Å². The number of hydrogen-bond acceptors (Lipinski definition) is 6. The second kappa shape index (κ2) is 6.33. The lowest BCUT2D eigenvalue weighted by molar-refractivity contribution is -0.00522. The number of hydrogen-bond donors (Lipinski definition) is 1. The highest BCUT2D eigenvalue weighted by atomic mass is 16.5. The SMILES string of the molecule is CC1CN(c2ccc(C(=O)Nc3nnnn3C)cc2)CC(C)O1. The van der Waals surface area contributed by atoms with E-state index < -0.39 is 0 Å². The molecule has 1 aromatic carbocycles. The van der Waals surface area contributed by atoms with E-state index in [-0.39, 0.29) is 18.1 Å². The maximum absolute atomic E-state index is 12.2. The molecule has 0 spiro atoms. The summed E-state index contributed by atoms with van der Waals surface area (Å²) in [6, 6.07) is 7.52. The molecule has 0 saturated carbocycles. The van der Waals surface area contributed by atoms with Crippen molar-refractivity contribution >= 4 is 17.5 Å². The molecule has 1 amide bonds. The van der Waals surface area contributed by atoms with Crippen LogP contribution in [0.4, 0.5) is 11.6 Å². The van der Waals surface area contributed by atoms with Crippen LogP contribution in [-0.4, -0.2) is 51.4 Å². The maximum Gasteiger partial charge on any atom is 0.258 e. The fourth-order valence-electron chi connectivity index (χ4n) is 2.72. The van der Waals surface area contributed by atoms with Crippen molar-refractivity contribution in [1.29, 1.82) is 0 Å². The van der Waals surface area contributed by atoms with Crippen molar-refractivity contribution in [1.82, 2.24) is 20.2 Å². The molecule has 8 nitrogen and oxygen atoms in total. The van der Waals surface area contributed by atoms with Crippen molar-refractivity contribution in [2.75, 3.05) is 23.3 Å². The third kappa shape index (κ3) is 3.48. The van der Waals surface area contributed by atoms with Crippen molar-refractivity contribution < 1.29 is 9.53 Å². The second-order valence-electron chi connectivity index (χ2n) is 5.79. The molecule has 2 aromatic rings. The fraction of sp³-hybridized carbons (Fsp3) is 0.467. The molecule has 2 unspecified atom stereocenters. The summed E-state index contributed by atoms with van der Waals surface area (Å²) in [7, 11) is 1.67. The van der Waals surface area contributed by atoms with E-state index in [1.54, 1.807) is 19.2 Å². The van der Waals surface area contributed by atoms with Crippen molar-refractivity contribution in [3.8, 4) is 0 Å². The topological polar surface area (TPSA) is 85.2 Å². The Morgan fingerprint density at radius 3 is 2.43 bits per heavy atom. The number of benzene rings is 1. The van der Waals surface area contributed by atoms with Crippen LogP contribution in [0.3, 0.4) is 0 Å². The number of morpholine rings is 1. The molecular formula is C15H20N6O2. The van der Waals surface area contributed by atoms with Crippen LogP contribution >= 0.6 is 0 Å². The molecule has 0 aliphatic carbocycles. The van der Waals surface area contributed by atoms with Gasteiger partial charge in [-0.1, -0.05) is 5.10 Å². The lowest BCUT2D eigenvalue weighted by atomic mass is 10.1. The summed E-state index contributed by atoms with van der Waals surface area (Å²) in [5.41, 5.74) is 1.65. The summed E-state index contributed by atoms with van der Waals surface area (Å²) in [6.45, 7) is 5.83. The van der Waals surface area contributed by atoms with Gasteiger partial charge < -0.3 is 9.64 Å². The normalized spacial score (nSPS) is 21.3. The molecule has 23 heavy (non-hydrogen) atoms. The van der Waals surface area contributed by atoms with Crippen molar-refractivity contribution in [2.24, 2.45) is 7.05 Å². The van der Waals surface area contributed by atoms with E-state index in [2.05, 4.69) is 39.6 Å². The van der Waals surface area contributed by atoms with Crippen LogP contribution in [0, 0.1) is 0 Å². The lowest BCUT2D eigenvalue weighted by Gasteiger charge is -2.36. The standard InChI is InChI=1S/C15H20N6O2/c1-10-8-21(9-11(2)23-10)13-6-4-12(5-7-13)14(22)16-15-17-18-19-20(15)3/h4-7,10-11H,8-9H2,1-3H3,(H,16,17,19,22). The molecule has 0 radical (unpaired) electrons. The van der Waals surface area contributed by atoms with E-state index in [0.29, 0.717) is 11.5 Å². The summed E-state index contributed by atoms with van der Waals surface area (Å²) in [6.07, 6.45) is 0.398. The molecule has 1 aliphatic rings. The largest absolute Gasteiger partial charge is 0.372 e. The summed E-state index contributed by atoms with van der Waals surface area (Å²) in [4.78, 5) is 14.5. The Labute approximate surface area is 134 Å². The number of nitrogens with zero attached hydrogens (tertiary/aromatic N) is 5. The number of anilines is 2. The van der Waals surface area contributed by atoms with Gasteiger partial charge in [-0.25, -0.2) is 4.68 Å². The maximum atomic E-state index is 12.2. The molecule has 3 rings (SSSR count). The minimum atomic E-state index is -0.238. The van der Waals surface area contributed by atoms with Crippen LogP contribution in [0.1, 0.15) is 24.2 Å². The number of aromatic nitrogens is 4. The molecular weight excluding hydrogens is 296 g/mol. The first-order valence-corrected chi connectivity index (χ1v) is 7.57. The van der Waals surface area contributed by atoms with Gasteiger partial charge in [0.15, 0.2) is 0 Å². The fourth-order valence-corrected chi connectivity index (χ4v) is 2.72. The quantitative estimate of drug-likeness (QED) is 0.912. The van der Waals surface area contributed by atoms with E-state index >= 15 is 0 Å². The van der Waals surface area contributed by atoms with Crippen LogP contribution in [0.25, 0.3) is 0 Å². The molecule has 8 heteroatoms. The average Bonchev–Trinajstić information content (AvgIpc) is 2.91. The van der Waals surface area contributed by atoms with Gasteiger partial charge in [-0.05, 0) is 48.5 Å². The molecule has 1 fully saturated rings. The van der Waals surface area contributed by atoms with Crippen LogP contribution in [0.5, 0.6) is 0 Å².